The molecule has 3 aliphatic rings. The van der Waals surface area contributed by atoms with Crippen LogP contribution in [0.25, 0.3) is 0 Å². The van der Waals surface area contributed by atoms with Crippen molar-refractivity contribution in [3.05, 3.63) is 30.3 Å². The first kappa shape index (κ1) is 20.2. The van der Waals surface area contributed by atoms with E-state index in [0.29, 0.717) is 30.7 Å². The molecule has 1 N–H and O–H groups in total. The van der Waals surface area contributed by atoms with Gasteiger partial charge in [0.25, 0.3) is 5.91 Å². The maximum absolute atomic E-state index is 12.7. The molecule has 1 spiro atoms. The summed E-state index contributed by atoms with van der Waals surface area (Å²) in [6, 6.07) is 9.44. The molecule has 3 saturated heterocycles. The molecule has 158 valence electrons. The second-order valence-corrected chi connectivity index (χ2v) is 9.07. The van der Waals surface area contributed by atoms with Crippen LogP contribution in [0.2, 0.25) is 0 Å². The highest BCUT2D eigenvalue weighted by atomic mass is 16.5. The Morgan fingerprint density at radius 2 is 1.97 bits per heavy atom. The monoisotopic (exact) mass is 399 g/mol. The van der Waals surface area contributed by atoms with E-state index in [1.165, 1.54) is 6.42 Å². The van der Waals surface area contributed by atoms with Gasteiger partial charge in [-0.2, -0.15) is 0 Å². The quantitative estimate of drug-likeness (QED) is 0.796. The lowest BCUT2D eigenvalue weighted by Gasteiger charge is -2.42. The van der Waals surface area contributed by atoms with Crippen LogP contribution in [0.1, 0.15) is 33.1 Å². The van der Waals surface area contributed by atoms with E-state index < -0.39 is 0 Å². The van der Waals surface area contributed by atoms with Gasteiger partial charge in [-0.3, -0.25) is 9.59 Å². The van der Waals surface area contributed by atoms with E-state index >= 15 is 0 Å². The van der Waals surface area contributed by atoms with Gasteiger partial charge in [-0.1, -0.05) is 38.5 Å². The van der Waals surface area contributed by atoms with Gasteiger partial charge in [-0.05, 0) is 30.9 Å². The summed E-state index contributed by atoms with van der Waals surface area (Å²) in [5, 5.41) is 3.34. The van der Waals surface area contributed by atoms with Crippen molar-refractivity contribution in [1.82, 2.24) is 15.1 Å². The van der Waals surface area contributed by atoms with E-state index in [2.05, 4.69) is 24.1 Å². The van der Waals surface area contributed by atoms with Crippen molar-refractivity contribution in [2.24, 2.45) is 17.8 Å². The lowest BCUT2D eigenvalue weighted by Crippen LogP contribution is -2.56. The van der Waals surface area contributed by atoms with Gasteiger partial charge in [-0.25, -0.2) is 0 Å². The number of para-hydroxylation sites is 1. The fraction of sp³-hybridized carbons (Fsp3) is 0.652. The van der Waals surface area contributed by atoms with Crippen molar-refractivity contribution in [2.75, 3.05) is 39.3 Å². The Bertz CT molecular complexity index is 730. The standard InChI is InChI=1S/C23H33N3O3/c1-3-17(2)13-25-14-19-20(15-25)23(24-22(19)28)9-11-26(12-10-23)21(27)16-29-18-7-5-4-6-8-18/h4-8,17,19-20H,3,9-16H2,1-2H3,(H,24,28)/t17-,19+,20-/m0/s1. The predicted molar refractivity (Wildman–Crippen MR) is 111 cm³/mol. The number of benzene rings is 1. The Kier molecular flexibility index (Phi) is 5.81. The molecule has 3 aliphatic heterocycles. The summed E-state index contributed by atoms with van der Waals surface area (Å²) in [5.41, 5.74) is -0.136. The summed E-state index contributed by atoms with van der Waals surface area (Å²) in [4.78, 5) is 29.6. The maximum atomic E-state index is 12.7. The number of hydrogen-bond donors (Lipinski definition) is 1. The zero-order valence-corrected chi connectivity index (χ0v) is 17.6. The Morgan fingerprint density at radius 1 is 1.24 bits per heavy atom. The third-order valence-corrected chi connectivity index (χ3v) is 7.19. The van der Waals surface area contributed by atoms with Gasteiger partial charge in [0.15, 0.2) is 6.61 Å². The average molecular weight is 400 g/mol. The normalized spacial score (nSPS) is 27.0. The van der Waals surface area contributed by atoms with Crippen LogP contribution < -0.4 is 10.1 Å². The molecule has 0 unspecified atom stereocenters. The van der Waals surface area contributed by atoms with Gasteiger partial charge in [0.05, 0.1) is 5.92 Å². The average Bonchev–Trinajstić information content (AvgIpc) is 3.27. The molecule has 1 aromatic carbocycles. The minimum atomic E-state index is -0.136. The summed E-state index contributed by atoms with van der Waals surface area (Å²) in [6.45, 7) is 8.91. The van der Waals surface area contributed by atoms with Gasteiger partial charge in [0.2, 0.25) is 5.91 Å². The van der Waals surface area contributed by atoms with E-state index in [4.69, 9.17) is 4.74 Å². The summed E-state index contributed by atoms with van der Waals surface area (Å²) in [7, 11) is 0. The first-order valence-electron chi connectivity index (χ1n) is 11.0. The number of carbonyl (C=O) groups excluding carboxylic acids is 2. The second kappa shape index (κ2) is 8.34. The minimum Gasteiger partial charge on any atom is -0.484 e. The fourth-order valence-electron chi connectivity index (χ4n) is 5.26. The van der Waals surface area contributed by atoms with E-state index in [9.17, 15) is 9.59 Å². The highest BCUT2D eigenvalue weighted by Crippen LogP contribution is 2.44. The van der Waals surface area contributed by atoms with Crippen molar-refractivity contribution in [3.8, 4) is 5.75 Å². The smallest absolute Gasteiger partial charge is 0.260 e. The first-order chi connectivity index (χ1) is 14.0. The van der Waals surface area contributed by atoms with E-state index in [1.54, 1.807) is 0 Å². The summed E-state index contributed by atoms with van der Waals surface area (Å²) in [5.74, 6) is 2.10. The van der Waals surface area contributed by atoms with Crippen LogP contribution in [0.5, 0.6) is 5.75 Å². The molecule has 1 aromatic rings. The summed E-state index contributed by atoms with van der Waals surface area (Å²) >= 11 is 0. The van der Waals surface area contributed by atoms with Crippen LogP contribution in [0.3, 0.4) is 0 Å². The van der Waals surface area contributed by atoms with Gasteiger partial charge in [-0.15, -0.1) is 0 Å². The van der Waals surface area contributed by atoms with Crippen LogP contribution in [-0.4, -0.2) is 66.5 Å². The van der Waals surface area contributed by atoms with Crippen molar-refractivity contribution in [1.29, 1.82) is 0 Å². The molecule has 0 aliphatic carbocycles. The number of hydrogen-bond acceptors (Lipinski definition) is 4. The van der Waals surface area contributed by atoms with Crippen molar-refractivity contribution < 1.29 is 14.3 Å². The van der Waals surface area contributed by atoms with E-state index in [1.807, 2.05) is 35.2 Å². The van der Waals surface area contributed by atoms with Crippen LogP contribution in [0.15, 0.2) is 30.3 Å². The van der Waals surface area contributed by atoms with E-state index in [-0.39, 0.29) is 29.9 Å². The topological polar surface area (TPSA) is 61.9 Å². The highest BCUT2D eigenvalue weighted by molar-refractivity contribution is 5.84. The number of piperidine rings is 1. The lowest BCUT2D eigenvalue weighted by atomic mass is 9.75. The molecular formula is C23H33N3O3. The molecule has 29 heavy (non-hydrogen) atoms. The van der Waals surface area contributed by atoms with Gasteiger partial charge in [0.1, 0.15) is 5.75 Å². The second-order valence-electron chi connectivity index (χ2n) is 9.07. The molecule has 6 nitrogen and oxygen atoms in total. The maximum Gasteiger partial charge on any atom is 0.260 e. The predicted octanol–water partition coefficient (Wildman–Crippen LogP) is 2.15. The molecule has 2 amide bonds. The van der Waals surface area contributed by atoms with Crippen LogP contribution in [0.4, 0.5) is 0 Å². The molecule has 3 fully saturated rings. The zero-order valence-electron chi connectivity index (χ0n) is 17.6. The molecule has 3 heterocycles. The summed E-state index contributed by atoms with van der Waals surface area (Å²) in [6.07, 6.45) is 2.85. The Morgan fingerprint density at radius 3 is 2.66 bits per heavy atom. The number of rotatable bonds is 6. The lowest BCUT2D eigenvalue weighted by molar-refractivity contribution is -0.135. The zero-order chi connectivity index (χ0) is 20.4. The van der Waals surface area contributed by atoms with Gasteiger partial charge < -0.3 is 19.9 Å². The van der Waals surface area contributed by atoms with E-state index in [0.717, 1.165) is 32.5 Å². The molecule has 0 saturated carbocycles. The SMILES string of the molecule is CC[C@H](C)CN1C[C@H]2C(=O)NC3(CCN(C(=O)COc4ccccc4)CC3)[C@H]2C1. The minimum absolute atomic E-state index is 0.0226. The van der Waals surface area contributed by atoms with Crippen LogP contribution >= 0.6 is 0 Å². The van der Waals surface area contributed by atoms with Gasteiger partial charge in [0, 0.05) is 44.2 Å². The summed E-state index contributed by atoms with van der Waals surface area (Å²) < 4.78 is 5.62. The fourth-order valence-corrected chi connectivity index (χ4v) is 5.26. The Hall–Kier alpha value is -2.08. The number of ether oxygens (including phenoxy) is 1. The number of nitrogens with one attached hydrogen (secondary N) is 1. The van der Waals surface area contributed by atoms with Crippen LogP contribution in [0, 0.1) is 17.8 Å². The van der Waals surface area contributed by atoms with Crippen LogP contribution in [-0.2, 0) is 9.59 Å². The highest BCUT2D eigenvalue weighted by Gasteiger charge is 2.57. The molecule has 0 aromatic heterocycles. The number of nitrogens with zero attached hydrogens (tertiary/aromatic N) is 2. The van der Waals surface area contributed by atoms with Gasteiger partial charge >= 0.3 is 0 Å². The Labute approximate surface area is 173 Å². The molecule has 0 radical (unpaired) electrons. The molecule has 0 bridgehead atoms. The number of amides is 2. The third-order valence-electron chi connectivity index (χ3n) is 7.19. The molecule has 4 rings (SSSR count). The molecule has 3 atom stereocenters. The largest absolute Gasteiger partial charge is 0.484 e. The third kappa shape index (κ3) is 4.13. The van der Waals surface area contributed by atoms with Crippen molar-refractivity contribution in [2.45, 2.75) is 38.6 Å². The van der Waals surface area contributed by atoms with Crippen molar-refractivity contribution in [3.63, 3.8) is 0 Å². The number of fused-ring (bicyclic) bond motifs is 2. The molecule has 6 heteroatoms. The number of carbonyl (C=O) groups is 2. The number of likely N-dealkylation sites (tertiary alicyclic amines) is 2. The van der Waals surface area contributed by atoms with Crippen molar-refractivity contribution >= 4 is 11.8 Å². The molecular weight excluding hydrogens is 366 g/mol. The Balaban J connectivity index is 1.32. The first-order valence-corrected chi connectivity index (χ1v) is 11.0.